The Labute approximate surface area is 381 Å². The Morgan fingerprint density at radius 3 is 1.60 bits per heavy atom. The average Bonchev–Trinajstić information content (AvgIpc) is 3.99. The third-order valence-electron chi connectivity index (χ3n) is 11.9. The van der Waals surface area contributed by atoms with Crippen LogP contribution < -0.4 is 11.1 Å². The molecule has 7 rings (SSSR count). The second-order valence-electron chi connectivity index (χ2n) is 15.5. The quantitative estimate of drug-likeness (QED) is 0.0468. The normalized spacial score (nSPS) is 12.3. The van der Waals surface area contributed by atoms with E-state index in [1.807, 2.05) is 60.7 Å². The Morgan fingerprint density at radius 1 is 0.677 bits per heavy atom. The molecule has 0 saturated heterocycles. The summed E-state index contributed by atoms with van der Waals surface area (Å²) in [5, 5.41) is 2.92. The molecule has 0 bridgehead atoms. The van der Waals surface area contributed by atoms with Gasteiger partial charge in [0.25, 0.3) is 0 Å². The van der Waals surface area contributed by atoms with Gasteiger partial charge >= 0.3 is 18.0 Å². The molecule has 342 valence electrons. The molecule has 0 radical (unpaired) electrons. The van der Waals surface area contributed by atoms with Crippen molar-refractivity contribution in [3.8, 4) is 11.1 Å². The molecule has 0 fully saturated rings. The van der Waals surface area contributed by atoms with Crippen LogP contribution in [0.2, 0.25) is 0 Å². The van der Waals surface area contributed by atoms with Gasteiger partial charge in [-0.1, -0.05) is 88.4 Å². The summed E-state index contributed by atoms with van der Waals surface area (Å²) in [5.41, 5.74) is 16.1. The molecule has 2 heterocycles. The zero-order valence-corrected chi connectivity index (χ0v) is 38.5. The molecule has 14 heteroatoms. The molecular weight excluding hydrogens is 821 g/mol. The Morgan fingerprint density at radius 2 is 1.14 bits per heavy atom. The van der Waals surface area contributed by atoms with Crippen LogP contribution in [0, 0.1) is 0 Å². The minimum Gasteiger partial charge on any atom is -0.466 e. The first kappa shape index (κ1) is 47.9. The number of likely N-dealkylation sites (N-methyl/N-ethyl adjacent to an activating group) is 2. The van der Waals surface area contributed by atoms with Crippen molar-refractivity contribution in [1.29, 1.82) is 0 Å². The number of nitrogens with one attached hydrogen (secondary N) is 1. The minimum atomic E-state index is -0.476. The standard InChI is InChI=1S/C33H36N4O4.C18H26N4O2/c1-4-36(5-2)18-19-37-30-16-14-23(15-17-32(38)40-3)20-29(30)35-31(37)21-34-33(39)41-22-28-26-12-8-6-10-24(26)25-11-7-9-13-27(25)28;1-4-21(5-2)10-11-22-16-8-6-14(7-9-18(23)24-3)12-15(16)20-17(22)13-19/h6-17,20,28H,4-5,18-19,21-22H2,1-3H3,(H,34,39);6-9,12H,4-5,10-11,13,19H2,1-3H3/b17-15+;9-7+. The highest BCUT2D eigenvalue weighted by molar-refractivity contribution is 5.89. The summed E-state index contributed by atoms with van der Waals surface area (Å²) >= 11 is 0. The lowest BCUT2D eigenvalue weighted by molar-refractivity contribution is -0.135. The number of carbonyl (C=O) groups is 3. The van der Waals surface area contributed by atoms with Crippen LogP contribution in [0.1, 0.15) is 67.5 Å². The van der Waals surface area contributed by atoms with Gasteiger partial charge in [-0.15, -0.1) is 0 Å². The zero-order chi connectivity index (χ0) is 46.3. The van der Waals surface area contributed by atoms with Gasteiger partial charge in [0.05, 0.1) is 49.4 Å². The van der Waals surface area contributed by atoms with E-state index in [1.165, 1.54) is 48.6 Å². The monoisotopic (exact) mass is 882 g/mol. The first-order chi connectivity index (χ1) is 31.6. The molecule has 65 heavy (non-hydrogen) atoms. The van der Waals surface area contributed by atoms with Gasteiger partial charge in [0.2, 0.25) is 0 Å². The first-order valence-electron chi connectivity index (χ1n) is 22.4. The van der Waals surface area contributed by atoms with Crippen LogP contribution in [0.5, 0.6) is 0 Å². The van der Waals surface area contributed by atoms with Gasteiger partial charge in [0, 0.05) is 44.2 Å². The summed E-state index contributed by atoms with van der Waals surface area (Å²) in [6.45, 7) is 16.9. The molecule has 2 aromatic heterocycles. The molecule has 3 N–H and O–H groups in total. The SMILES string of the molecule is CCN(CC)CCn1c(CN)nc2cc(/C=C/C(=O)OC)ccc21.CCN(CC)CCn1c(CNC(=O)OCC2c3ccccc3-c3ccccc32)nc2cc(/C=C/C(=O)OC)ccc21. The van der Waals surface area contributed by atoms with E-state index >= 15 is 0 Å². The molecular formula is C51H62N8O6. The number of hydrogen-bond acceptors (Lipinski definition) is 11. The number of ether oxygens (including phenoxy) is 3. The van der Waals surface area contributed by atoms with Gasteiger partial charge in [-0.05, 0) is 96.0 Å². The molecule has 6 aromatic rings. The van der Waals surface area contributed by atoms with Crippen LogP contribution >= 0.6 is 0 Å². The number of hydrogen-bond donors (Lipinski definition) is 2. The molecule has 0 saturated carbocycles. The van der Waals surface area contributed by atoms with Crippen molar-refractivity contribution in [2.45, 2.75) is 59.8 Å². The maximum atomic E-state index is 12.9. The second kappa shape index (κ2) is 23.4. The zero-order valence-electron chi connectivity index (χ0n) is 38.5. The van der Waals surface area contributed by atoms with Crippen LogP contribution in [0.25, 0.3) is 45.3 Å². The molecule has 0 atom stereocenters. The highest BCUT2D eigenvalue weighted by Gasteiger charge is 2.29. The van der Waals surface area contributed by atoms with Crippen molar-refractivity contribution < 1.29 is 28.6 Å². The molecule has 1 aliphatic carbocycles. The van der Waals surface area contributed by atoms with Crippen LogP contribution in [0.4, 0.5) is 4.79 Å². The van der Waals surface area contributed by atoms with E-state index in [9.17, 15) is 14.4 Å². The minimum absolute atomic E-state index is 0.00302. The van der Waals surface area contributed by atoms with Gasteiger partial charge in [-0.25, -0.2) is 24.4 Å². The summed E-state index contributed by atoms with van der Waals surface area (Å²) < 4.78 is 19.4. The lowest BCUT2D eigenvalue weighted by atomic mass is 9.98. The highest BCUT2D eigenvalue weighted by atomic mass is 16.5. The first-order valence-corrected chi connectivity index (χ1v) is 22.4. The molecule has 0 spiro atoms. The van der Waals surface area contributed by atoms with Crippen LogP contribution in [-0.4, -0.2) is 107 Å². The molecule has 1 amide bonds. The Bertz CT molecular complexity index is 2580. The fraction of sp³-hybridized carbons (Fsp3) is 0.353. The molecule has 0 aliphatic heterocycles. The van der Waals surface area contributed by atoms with Crippen molar-refractivity contribution in [1.82, 2.24) is 34.2 Å². The van der Waals surface area contributed by atoms with Gasteiger partial charge in [0.1, 0.15) is 18.3 Å². The lowest BCUT2D eigenvalue weighted by Crippen LogP contribution is -2.29. The van der Waals surface area contributed by atoms with Crippen molar-refractivity contribution in [2.75, 3.05) is 60.1 Å². The smallest absolute Gasteiger partial charge is 0.407 e. The van der Waals surface area contributed by atoms with Gasteiger partial charge in [0.15, 0.2) is 0 Å². The summed E-state index contributed by atoms with van der Waals surface area (Å²) in [6, 6.07) is 28.4. The number of esters is 2. The van der Waals surface area contributed by atoms with Crippen LogP contribution in [0.15, 0.2) is 97.1 Å². The number of aromatic nitrogens is 4. The van der Waals surface area contributed by atoms with E-state index in [1.54, 1.807) is 12.2 Å². The topological polar surface area (TPSA) is 159 Å². The second-order valence-corrected chi connectivity index (χ2v) is 15.5. The number of amides is 1. The maximum Gasteiger partial charge on any atom is 0.407 e. The Kier molecular flexibility index (Phi) is 17.2. The molecule has 1 aliphatic rings. The number of nitrogens with two attached hydrogens (primary N) is 1. The highest BCUT2D eigenvalue weighted by Crippen LogP contribution is 2.44. The fourth-order valence-electron chi connectivity index (χ4n) is 8.22. The number of alkyl carbamates (subject to hydrolysis) is 1. The van der Waals surface area contributed by atoms with Crippen molar-refractivity contribution in [3.05, 3.63) is 131 Å². The lowest BCUT2D eigenvalue weighted by Gasteiger charge is -2.19. The van der Waals surface area contributed by atoms with E-state index in [-0.39, 0.29) is 25.0 Å². The Balaban J connectivity index is 0.000000248. The van der Waals surface area contributed by atoms with E-state index < -0.39 is 12.1 Å². The van der Waals surface area contributed by atoms with Gasteiger partial charge in [-0.3, -0.25) is 0 Å². The largest absolute Gasteiger partial charge is 0.466 e. The third-order valence-corrected chi connectivity index (χ3v) is 11.9. The summed E-state index contributed by atoms with van der Waals surface area (Å²) in [5.74, 6) is 0.842. The molecule has 0 unspecified atom stereocenters. The van der Waals surface area contributed by atoms with E-state index in [2.05, 4.69) is 85.9 Å². The van der Waals surface area contributed by atoms with Crippen LogP contribution in [-0.2, 0) is 50.0 Å². The maximum absolute atomic E-state index is 12.9. The number of carbonyl (C=O) groups excluding carboxylic acids is 3. The number of nitrogens with zero attached hydrogens (tertiary/aromatic N) is 6. The number of fused-ring (bicyclic) bond motifs is 5. The summed E-state index contributed by atoms with van der Waals surface area (Å²) in [7, 11) is 2.71. The summed E-state index contributed by atoms with van der Waals surface area (Å²) in [4.78, 5) is 49.8. The average molecular weight is 883 g/mol. The molecule has 14 nitrogen and oxygen atoms in total. The van der Waals surface area contributed by atoms with Crippen LogP contribution in [0.3, 0.4) is 0 Å². The fourth-order valence-corrected chi connectivity index (χ4v) is 8.22. The third kappa shape index (κ3) is 11.9. The van der Waals surface area contributed by atoms with E-state index in [0.717, 1.165) is 97.2 Å². The number of methoxy groups -OCH3 is 2. The van der Waals surface area contributed by atoms with Crippen molar-refractivity contribution >= 4 is 52.3 Å². The number of rotatable bonds is 19. The van der Waals surface area contributed by atoms with Gasteiger partial charge < -0.3 is 44.2 Å². The summed E-state index contributed by atoms with van der Waals surface area (Å²) in [6.07, 6.45) is 5.74. The predicted octanol–water partition coefficient (Wildman–Crippen LogP) is 7.63. The number of benzene rings is 4. The van der Waals surface area contributed by atoms with Gasteiger partial charge in [-0.2, -0.15) is 0 Å². The van der Waals surface area contributed by atoms with E-state index in [0.29, 0.717) is 6.54 Å². The van der Waals surface area contributed by atoms with Crippen molar-refractivity contribution in [2.24, 2.45) is 5.73 Å². The number of imidazole rings is 2. The van der Waals surface area contributed by atoms with E-state index in [4.69, 9.17) is 20.2 Å². The Hall–Kier alpha value is -6.61. The molecule has 4 aromatic carbocycles. The van der Waals surface area contributed by atoms with Crippen molar-refractivity contribution in [3.63, 3.8) is 0 Å². The predicted molar refractivity (Wildman–Crippen MR) is 257 cm³/mol.